The van der Waals surface area contributed by atoms with E-state index in [1.54, 1.807) is 12.3 Å². The second kappa shape index (κ2) is 6.17. The third-order valence-electron chi connectivity index (χ3n) is 4.17. The summed E-state index contributed by atoms with van der Waals surface area (Å²) in [4.78, 5) is 17.1. The molecule has 1 N–H and O–H groups in total. The number of nitrogens with zero attached hydrogens (tertiary/aromatic N) is 3. The molecule has 2 rings (SSSR count). The summed E-state index contributed by atoms with van der Waals surface area (Å²) in [5.74, 6) is 0.480. The minimum atomic E-state index is -0.342. The van der Waals surface area contributed by atoms with Gasteiger partial charge in [0.2, 0.25) is 5.82 Å². The average molecular weight is 278 g/mol. The molecular formula is C14H22N4O2. The summed E-state index contributed by atoms with van der Waals surface area (Å²) in [5.41, 5.74) is 0.913. The van der Waals surface area contributed by atoms with Crippen LogP contribution in [-0.2, 0) is 0 Å². The summed E-state index contributed by atoms with van der Waals surface area (Å²) < 4.78 is 0. The lowest BCUT2D eigenvalue weighted by Gasteiger charge is -2.35. The lowest BCUT2D eigenvalue weighted by atomic mass is 9.90. The van der Waals surface area contributed by atoms with Crippen molar-refractivity contribution in [3.05, 3.63) is 27.9 Å². The molecule has 1 aliphatic carbocycles. The van der Waals surface area contributed by atoms with E-state index in [0.717, 1.165) is 31.2 Å². The van der Waals surface area contributed by atoms with Crippen LogP contribution in [0.2, 0.25) is 0 Å². The predicted octanol–water partition coefficient (Wildman–Crippen LogP) is 2.27. The Morgan fingerprint density at radius 3 is 2.60 bits per heavy atom. The first kappa shape index (κ1) is 14.7. The molecule has 0 amide bonds. The molecule has 6 heteroatoms. The van der Waals surface area contributed by atoms with E-state index in [2.05, 4.69) is 10.3 Å². The molecule has 0 saturated heterocycles. The fourth-order valence-corrected chi connectivity index (χ4v) is 2.88. The van der Waals surface area contributed by atoms with E-state index in [-0.39, 0.29) is 10.6 Å². The summed E-state index contributed by atoms with van der Waals surface area (Å²) >= 11 is 0. The molecule has 1 fully saturated rings. The first-order valence-electron chi connectivity index (χ1n) is 7.04. The first-order chi connectivity index (χ1) is 9.52. The van der Waals surface area contributed by atoms with E-state index < -0.39 is 0 Å². The third kappa shape index (κ3) is 3.07. The number of hydrogen-bond donors (Lipinski definition) is 1. The van der Waals surface area contributed by atoms with Crippen molar-refractivity contribution in [1.82, 2.24) is 10.3 Å². The fourth-order valence-electron chi connectivity index (χ4n) is 2.88. The predicted molar refractivity (Wildman–Crippen MR) is 79.1 cm³/mol. The maximum Gasteiger partial charge on any atom is 0.311 e. The first-order valence-corrected chi connectivity index (χ1v) is 7.04. The SMILES string of the molecule is CNC1CCC(N(C)c2ncc(C)cc2[N+](=O)[O-])CC1. The largest absolute Gasteiger partial charge is 0.351 e. The second-order valence-electron chi connectivity index (χ2n) is 5.52. The summed E-state index contributed by atoms with van der Waals surface area (Å²) in [5, 5.41) is 14.5. The molecule has 0 bridgehead atoms. The van der Waals surface area contributed by atoms with E-state index in [1.165, 1.54) is 0 Å². The van der Waals surface area contributed by atoms with Gasteiger partial charge in [-0.3, -0.25) is 10.1 Å². The topological polar surface area (TPSA) is 71.3 Å². The molecule has 6 nitrogen and oxygen atoms in total. The van der Waals surface area contributed by atoms with Crippen LogP contribution in [0.15, 0.2) is 12.3 Å². The van der Waals surface area contributed by atoms with Crippen LogP contribution in [0.1, 0.15) is 31.2 Å². The Hall–Kier alpha value is -1.69. The summed E-state index contributed by atoms with van der Waals surface area (Å²) in [6.45, 7) is 1.82. The number of pyridine rings is 1. The van der Waals surface area contributed by atoms with Crippen molar-refractivity contribution >= 4 is 11.5 Å². The molecule has 0 spiro atoms. The molecular weight excluding hydrogens is 256 g/mol. The van der Waals surface area contributed by atoms with Gasteiger partial charge in [-0.05, 0) is 45.2 Å². The number of nitrogens with one attached hydrogen (secondary N) is 1. The van der Waals surface area contributed by atoms with Gasteiger partial charge in [-0.1, -0.05) is 0 Å². The second-order valence-corrected chi connectivity index (χ2v) is 5.52. The summed E-state index contributed by atoms with van der Waals surface area (Å²) in [7, 11) is 3.90. The number of nitro groups is 1. The van der Waals surface area contributed by atoms with Gasteiger partial charge in [-0.2, -0.15) is 0 Å². The molecule has 1 heterocycles. The number of aryl methyl sites for hydroxylation is 1. The van der Waals surface area contributed by atoms with Gasteiger partial charge in [-0.25, -0.2) is 4.98 Å². The van der Waals surface area contributed by atoms with Crippen LogP contribution in [0.5, 0.6) is 0 Å². The van der Waals surface area contributed by atoms with Gasteiger partial charge in [0, 0.05) is 31.4 Å². The zero-order chi connectivity index (χ0) is 14.7. The zero-order valence-corrected chi connectivity index (χ0v) is 12.3. The van der Waals surface area contributed by atoms with Crippen LogP contribution in [0.4, 0.5) is 11.5 Å². The van der Waals surface area contributed by atoms with Gasteiger partial charge < -0.3 is 10.2 Å². The number of anilines is 1. The molecule has 20 heavy (non-hydrogen) atoms. The molecule has 1 aromatic heterocycles. The van der Waals surface area contributed by atoms with E-state index in [1.807, 2.05) is 25.9 Å². The standard InChI is InChI=1S/C14H22N4O2/c1-10-8-13(18(19)20)14(16-9-10)17(3)12-6-4-11(15-2)5-7-12/h8-9,11-12,15H,4-7H2,1-3H3. The number of aromatic nitrogens is 1. The highest BCUT2D eigenvalue weighted by Gasteiger charge is 2.28. The Bertz CT molecular complexity index is 484. The van der Waals surface area contributed by atoms with E-state index in [9.17, 15) is 10.1 Å². The molecule has 110 valence electrons. The normalized spacial score (nSPS) is 22.6. The number of rotatable bonds is 4. The quantitative estimate of drug-likeness (QED) is 0.675. The van der Waals surface area contributed by atoms with Crippen LogP contribution < -0.4 is 10.2 Å². The Morgan fingerprint density at radius 2 is 2.05 bits per heavy atom. The lowest BCUT2D eigenvalue weighted by molar-refractivity contribution is -0.384. The van der Waals surface area contributed by atoms with Gasteiger partial charge in [0.05, 0.1) is 4.92 Å². The van der Waals surface area contributed by atoms with Gasteiger partial charge in [0.25, 0.3) is 0 Å². The third-order valence-corrected chi connectivity index (χ3v) is 4.17. The summed E-state index contributed by atoms with van der Waals surface area (Å²) in [6, 6.07) is 2.49. The van der Waals surface area contributed by atoms with Gasteiger partial charge in [0.1, 0.15) is 0 Å². The minimum Gasteiger partial charge on any atom is -0.351 e. The monoisotopic (exact) mass is 278 g/mol. The molecule has 1 aromatic rings. The molecule has 0 aromatic carbocycles. The zero-order valence-electron chi connectivity index (χ0n) is 12.3. The summed E-state index contributed by atoms with van der Waals surface area (Å²) in [6.07, 6.45) is 5.97. The van der Waals surface area contributed by atoms with Crippen molar-refractivity contribution < 1.29 is 4.92 Å². The van der Waals surface area contributed by atoms with Crippen molar-refractivity contribution in [1.29, 1.82) is 0 Å². The van der Waals surface area contributed by atoms with Crippen molar-refractivity contribution in [2.45, 2.75) is 44.7 Å². The van der Waals surface area contributed by atoms with Crippen LogP contribution in [0, 0.1) is 17.0 Å². The Labute approximate surface area is 119 Å². The molecule has 0 aliphatic heterocycles. The van der Waals surface area contributed by atoms with Crippen molar-refractivity contribution in [3.63, 3.8) is 0 Å². The Balaban J connectivity index is 2.17. The van der Waals surface area contributed by atoms with Crippen LogP contribution in [-0.4, -0.2) is 36.1 Å². The molecule has 0 unspecified atom stereocenters. The van der Waals surface area contributed by atoms with Crippen molar-refractivity contribution in [3.8, 4) is 0 Å². The molecule has 1 aliphatic rings. The van der Waals surface area contributed by atoms with Gasteiger partial charge in [0.15, 0.2) is 0 Å². The van der Waals surface area contributed by atoms with Crippen LogP contribution >= 0.6 is 0 Å². The Kier molecular flexibility index (Phi) is 4.54. The molecule has 0 atom stereocenters. The fraction of sp³-hybridized carbons (Fsp3) is 0.643. The molecule has 1 saturated carbocycles. The van der Waals surface area contributed by atoms with E-state index >= 15 is 0 Å². The maximum atomic E-state index is 11.2. The highest BCUT2D eigenvalue weighted by Crippen LogP contribution is 2.31. The molecule has 0 radical (unpaired) electrons. The minimum absolute atomic E-state index is 0.100. The van der Waals surface area contributed by atoms with Crippen LogP contribution in [0.25, 0.3) is 0 Å². The van der Waals surface area contributed by atoms with E-state index in [0.29, 0.717) is 17.9 Å². The highest BCUT2D eigenvalue weighted by atomic mass is 16.6. The van der Waals surface area contributed by atoms with Crippen LogP contribution in [0.3, 0.4) is 0 Å². The van der Waals surface area contributed by atoms with Gasteiger partial charge >= 0.3 is 5.69 Å². The smallest absolute Gasteiger partial charge is 0.311 e. The van der Waals surface area contributed by atoms with Gasteiger partial charge in [-0.15, -0.1) is 0 Å². The van der Waals surface area contributed by atoms with Crippen molar-refractivity contribution in [2.75, 3.05) is 19.0 Å². The average Bonchev–Trinajstić information content (AvgIpc) is 2.46. The van der Waals surface area contributed by atoms with Crippen molar-refractivity contribution in [2.24, 2.45) is 0 Å². The maximum absolute atomic E-state index is 11.2. The Morgan fingerprint density at radius 1 is 1.40 bits per heavy atom. The number of hydrogen-bond acceptors (Lipinski definition) is 5. The lowest BCUT2D eigenvalue weighted by Crippen LogP contribution is -2.40. The highest BCUT2D eigenvalue weighted by molar-refractivity contribution is 5.58. The van der Waals surface area contributed by atoms with E-state index in [4.69, 9.17) is 0 Å².